The SMILES string of the molecule is CN=C(NCCCc1c(C)noc1C)N1CCN(S(=O)(=O)CCOC(C)C)CC1. The maximum atomic E-state index is 12.5. The standard InChI is InChI=1S/C19H35N5O4S/c1-15(2)27-13-14-29(25,26)24-11-9-23(10-12-24)19(20-5)21-8-6-7-18-16(3)22-28-17(18)4/h15H,6-14H2,1-5H3,(H,20,21). The molecular weight excluding hydrogens is 394 g/mol. The lowest BCUT2D eigenvalue weighted by molar-refractivity contribution is 0.0904. The summed E-state index contributed by atoms with van der Waals surface area (Å²) in [5.41, 5.74) is 2.12. The Morgan fingerprint density at radius 2 is 1.97 bits per heavy atom. The van der Waals surface area contributed by atoms with Crippen molar-refractivity contribution in [2.45, 2.75) is 46.6 Å². The van der Waals surface area contributed by atoms with Gasteiger partial charge in [0.25, 0.3) is 0 Å². The number of rotatable bonds is 9. The normalized spacial score (nSPS) is 16.6. The molecule has 9 nitrogen and oxygen atoms in total. The predicted molar refractivity (Wildman–Crippen MR) is 114 cm³/mol. The number of hydrogen-bond acceptors (Lipinski definition) is 6. The van der Waals surface area contributed by atoms with Gasteiger partial charge in [-0.05, 0) is 40.5 Å². The van der Waals surface area contributed by atoms with Crippen LogP contribution in [0, 0.1) is 13.8 Å². The van der Waals surface area contributed by atoms with Gasteiger partial charge in [0.2, 0.25) is 10.0 Å². The number of guanidine groups is 1. The summed E-state index contributed by atoms with van der Waals surface area (Å²) in [5, 5.41) is 7.36. The number of aromatic nitrogens is 1. The molecule has 10 heteroatoms. The molecule has 0 aromatic carbocycles. The van der Waals surface area contributed by atoms with Gasteiger partial charge in [-0.3, -0.25) is 4.99 Å². The van der Waals surface area contributed by atoms with Crippen LogP contribution in [0.3, 0.4) is 0 Å². The summed E-state index contributed by atoms with van der Waals surface area (Å²) in [7, 11) is -1.53. The van der Waals surface area contributed by atoms with Crippen LogP contribution < -0.4 is 5.32 Å². The minimum atomic E-state index is -3.28. The van der Waals surface area contributed by atoms with Crippen molar-refractivity contribution < 1.29 is 17.7 Å². The zero-order chi connectivity index (χ0) is 21.4. The molecule has 0 saturated carbocycles. The van der Waals surface area contributed by atoms with E-state index in [1.807, 2.05) is 27.7 Å². The number of sulfonamides is 1. The van der Waals surface area contributed by atoms with Crippen LogP contribution in [0.5, 0.6) is 0 Å². The zero-order valence-corrected chi connectivity index (χ0v) is 19.1. The molecule has 1 N–H and O–H groups in total. The molecule has 1 aliphatic heterocycles. The van der Waals surface area contributed by atoms with E-state index in [1.165, 1.54) is 5.56 Å². The van der Waals surface area contributed by atoms with Gasteiger partial charge in [-0.25, -0.2) is 8.42 Å². The average Bonchev–Trinajstić information content (AvgIpc) is 2.99. The van der Waals surface area contributed by atoms with Gasteiger partial charge in [0, 0.05) is 45.3 Å². The van der Waals surface area contributed by atoms with E-state index in [-0.39, 0.29) is 18.5 Å². The molecule has 0 spiro atoms. The van der Waals surface area contributed by atoms with E-state index in [9.17, 15) is 8.42 Å². The predicted octanol–water partition coefficient (Wildman–Crippen LogP) is 1.17. The molecule has 0 amide bonds. The fraction of sp³-hybridized carbons (Fsp3) is 0.789. The molecule has 29 heavy (non-hydrogen) atoms. The first kappa shape index (κ1) is 23.6. The van der Waals surface area contributed by atoms with E-state index in [1.54, 1.807) is 11.4 Å². The molecule has 1 aromatic rings. The van der Waals surface area contributed by atoms with Crippen molar-refractivity contribution in [1.29, 1.82) is 0 Å². The lowest BCUT2D eigenvalue weighted by Crippen LogP contribution is -2.54. The first-order valence-electron chi connectivity index (χ1n) is 10.2. The van der Waals surface area contributed by atoms with E-state index < -0.39 is 10.0 Å². The summed E-state index contributed by atoms with van der Waals surface area (Å²) in [5.74, 6) is 1.71. The first-order valence-corrected chi connectivity index (χ1v) is 11.8. The Morgan fingerprint density at radius 1 is 1.28 bits per heavy atom. The Kier molecular flexibility index (Phi) is 8.91. The highest BCUT2D eigenvalue weighted by Crippen LogP contribution is 2.14. The minimum absolute atomic E-state index is 0.0276. The van der Waals surface area contributed by atoms with Gasteiger partial charge in [-0.2, -0.15) is 4.31 Å². The van der Waals surface area contributed by atoms with Crippen LogP contribution in [0.15, 0.2) is 9.52 Å². The lowest BCUT2D eigenvalue weighted by Gasteiger charge is -2.35. The summed E-state index contributed by atoms with van der Waals surface area (Å²) >= 11 is 0. The molecule has 1 fully saturated rings. The molecule has 0 radical (unpaired) electrons. The van der Waals surface area contributed by atoms with Crippen molar-refractivity contribution in [2.75, 3.05) is 52.1 Å². The van der Waals surface area contributed by atoms with Crippen molar-refractivity contribution in [3.63, 3.8) is 0 Å². The fourth-order valence-electron chi connectivity index (χ4n) is 3.35. The molecule has 0 atom stereocenters. The number of aryl methyl sites for hydroxylation is 2. The third kappa shape index (κ3) is 6.97. The van der Waals surface area contributed by atoms with Gasteiger partial charge >= 0.3 is 0 Å². The number of hydrogen-bond donors (Lipinski definition) is 1. The summed E-state index contributed by atoms with van der Waals surface area (Å²) in [6.45, 7) is 10.9. The van der Waals surface area contributed by atoms with Gasteiger partial charge in [-0.15, -0.1) is 0 Å². The van der Waals surface area contributed by atoms with Gasteiger partial charge in [-0.1, -0.05) is 5.16 Å². The van der Waals surface area contributed by atoms with Crippen LogP contribution in [0.4, 0.5) is 0 Å². The second kappa shape index (κ2) is 10.9. The van der Waals surface area contributed by atoms with Crippen LogP contribution >= 0.6 is 0 Å². The maximum absolute atomic E-state index is 12.5. The highest BCUT2D eigenvalue weighted by atomic mass is 32.2. The Balaban J connectivity index is 1.75. The van der Waals surface area contributed by atoms with Crippen LogP contribution in [-0.2, 0) is 21.2 Å². The number of ether oxygens (including phenoxy) is 1. The minimum Gasteiger partial charge on any atom is -0.378 e. The monoisotopic (exact) mass is 429 g/mol. The highest BCUT2D eigenvalue weighted by Gasteiger charge is 2.27. The Labute approximate surface area is 174 Å². The molecular formula is C19H35N5O4S. The largest absolute Gasteiger partial charge is 0.378 e. The molecule has 2 heterocycles. The molecule has 1 saturated heterocycles. The lowest BCUT2D eigenvalue weighted by atomic mass is 10.1. The van der Waals surface area contributed by atoms with E-state index in [0.717, 1.165) is 36.8 Å². The van der Waals surface area contributed by atoms with Gasteiger partial charge < -0.3 is 19.5 Å². The topological polar surface area (TPSA) is 100 Å². The third-order valence-electron chi connectivity index (χ3n) is 5.00. The van der Waals surface area contributed by atoms with Gasteiger partial charge in [0.05, 0.1) is 24.2 Å². The molecule has 1 aliphatic rings. The van der Waals surface area contributed by atoms with Crippen molar-refractivity contribution in [3.8, 4) is 0 Å². The second-order valence-corrected chi connectivity index (χ2v) is 9.59. The molecule has 0 aliphatic carbocycles. The first-order chi connectivity index (χ1) is 13.7. The van der Waals surface area contributed by atoms with Gasteiger partial charge in [0.1, 0.15) is 5.76 Å². The number of nitrogens with zero attached hydrogens (tertiary/aromatic N) is 4. The average molecular weight is 430 g/mol. The number of nitrogens with one attached hydrogen (secondary N) is 1. The Morgan fingerprint density at radius 3 is 2.52 bits per heavy atom. The Bertz CT molecular complexity index is 748. The van der Waals surface area contributed by atoms with E-state index in [2.05, 4.69) is 20.4 Å². The molecule has 2 rings (SSSR count). The third-order valence-corrected chi connectivity index (χ3v) is 6.84. The number of aliphatic imine (C=N–C) groups is 1. The highest BCUT2D eigenvalue weighted by molar-refractivity contribution is 7.89. The summed E-state index contributed by atoms with van der Waals surface area (Å²) < 4.78 is 37.1. The molecule has 166 valence electrons. The van der Waals surface area contributed by atoms with Crippen LogP contribution in [0.2, 0.25) is 0 Å². The van der Waals surface area contributed by atoms with E-state index in [4.69, 9.17) is 9.26 Å². The summed E-state index contributed by atoms with van der Waals surface area (Å²) in [4.78, 5) is 6.45. The van der Waals surface area contributed by atoms with E-state index >= 15 is 0 Å². The van der Waals surface area contributed by atoms with Crippen molar-refractivity contribution in [3.05, 3.63) is 17.0 Å². The zero-order valence-electron chi connectivity index (χ0n) is 18.3. The molecule has 0 bridgehead atoms. The van der Waals surface area contributed by atoms with Crippen molar-refractivity contribution >= 4 is 16.0 Å². The fourth-order valence-corrected chi connectivity index (χ4v) is 4.64. The smallest absolute Gasteiger partial charge is 0.216 e. The number of piperazine rings is 1. The van der Waals surface area contributed by atoms with Crippen molar-refractivity contribution in [1.82, 2.24) is 19.7 Å². The van der Waals surface area contributed by atoms with E-state index in [0.29, 0.717) is 26.2 Å². The Hall–Kier alpha value is -1.65. The molecule has 0 unspecified atom stereocenters. The van der Waals surface area contributed by atoms with Gasteiger partial charge in [0.15, 0.2) is 5.96 Å². The van der Waals surface area contributed by atoms with Crippen LogP contribution in [0.25, 0.3) is 0 Å². The molecule has 1 aromatic heterocycles. The van der Waals surface area contributed by atoms with Crippen molar-refractivity contribution in [2.24, 2.45) is 4.99 Å². The van der Waals surface area contributed by atoms with Crippen LogP contribution in [-0.4, -0.2) is 87.0 Å². The second-order valence-electron chi connectivity index (χ2n) is 7.50. The summed E-state index contributed by atoms with van der Waals surface area (Å²) in [6, 6.07) is 0. The maximum Gasteiger partial charge on any atom is 0.216 e. The summed E-state index contributed by atoms with van der Waals surface area (Å²) in [6.07, 6.45) is 1.87. The van der Waals surface area contributed by atoms with Crippen LogP contribution in [0.1, 0.15) is 37.3 Å². The quantitative estimate of drug-likeness (QED) is 0.357.